The summed E-state index contributed by atoms with van der Waals surface area (Å²) in [6, 6.07) is 0.505. The van der Waals surface area contributed by atoms with E-state index in [1.165, 1.54) is 0 Å². The Kier molecular flexibility index (Phi) is 8.75. The number of carbonyl (C=O) groups is 2. The van der Waals surface area contributed by atoms with Gasteiger partial charge in [-0.05, 0) is 12.8 Å². The summed E-state index contributed by atoms with van der Waals surface area (Å²) in [6.07, 6.45) is 2.64. The molecule has 2 aliphatic heterocycles. The lowest BCUT2D eigenvalue weighted by Crippen LogP contribution is -2.49. The molecule has 7 heteroatoms. The summed E-state index contributed by atoms with van der Waals surface area (Å²) < 4.78 is 0. The molecule has 2 heterocycles. The molecule has 2 amide bonds. The van der Waals surface area contributed by atoms with Gasteiger partial charge < -0.3 is 15.5 Å². The number of nitrogens with zero attached hydrogens (tertiary/aromatic N) is 2. The molecule has 22 heavy (non-hydrogen) atoms. The van der Waals surface area contributed by atoms with Gasteiger partial charge >= 0.3 is 0 Å². The summed E-state index contributed by atoms with van der Waals surface area (Å²) in [7, 11) is 0. The third-order valence-electron chi connectivity index (χ3n) is 4.32. The van der Waals surface area contributed by atoms with Gasteiger partial charge in [0.15, 0.2) is 0 Å². The molecule has 0 radical (unpaired) electrons. The summed E-state index contributed by atoms with van der Waals surface area (Å²) >= 11 is 0. The molecule has 0 saturated carbocycles. The van der Waals surface area contributed by atoms with Gasteiger partial charge in [0.25, 0.3) is 0 Å². The third kappa shape index (κ3) is 5.74. The molecule has 2 saturated heterocycles. The highest BCUT2D eigenvalue weighted by Gasteiger charge is 2.30. The second-order valence-corrected chi connectivity index (χ2v) is 5.92. The van der Waals surface area contributed by atoms with E-state index in [9.17, 15) is 9.59 Å². The van der Waals surface area contributed by atoms with Crippen LogP contribution in [0.2, 0.25) is 0 Å². The van der Waals surface area contributed by atoms with Crippen LogP contribution in [0.1, 0.15) is 32.6 Å². The normalized spacial score (nSPS) is 22.2. The SMILES string of the molecule is CCCNC(=O)CCC(=O)N1CCC(N2CCNCC2)C1.Cl. The Morgan fingerprint density at radius 1 is 1.18 bits per heavy atom. The van der Waals surface area contributed by atoms with Crippen LogP contribution in [0, 0.1) is 0 Å². The predicted molar refractivity (Wildman–Crippen MR) is 89.2 cm³/mol. The molecule has 1 unspecified atom stereocenters. The van der Waals surface area contributed by atoms with Gasteiger partial charge in [0, 0.05) is 64.7 Å². The number of hydrogen-bond acceptors (Lipinski definition) is 4. The molecular formula is C15H29ClN4O2. The van der Waals surface area contributed by atoms with E-state index < -0.39 is 0 Å². The average Bonchev–Trinajstić information content (AvgIpc) is 3.01. The van der Waals surface area contributed by atoms with E-state index >= 15 is 0 Å². The van der Waals surface area contributed by atoms with Crippen molar-refractivity contribution in [2.45, 2.75) is 38.6 Å². The van der Waals surface area contributed by atoms with Gasteiger partial charge in [-0.1, -0.05) is 6.92 Å². The quantitative estimate of drug-likeness (QED) is 0.730. The van der Waals surface area contributed by atoms with Crippen LogP contribution in [0.25, 0.3) is 0 Å². The molecule has 128 valence electrons. The molecule has 6 nitrogen and oxygen atoms in total. The van der Waals surface area contributed by atoms with Crippen LogP contribution < -0.4 is 10.6 Å². The molecule has 0 aromatic carbocycles. The largest absolute Gasteiger partial charge is 0.356 e. The monoisotopic (exact) mass is 332 g/mol. The highest BCUT2D eigenvalue weighted by molar-refractivity contribution is 5.85. The van der Waals surface area contributed by atoms with Gasteiger partial charge in [-0.25, -0.2) is 0 Å². The zero-order valence-corrected chi connectivity index (χ0v) is 14.3. The Hall–Kier alpha value is -0.850. The smallest absolute Gasteiger partial charge is 0.223 e. The minimum Gasteiger partial charge on any atom is -0.356 e. The summed E-state index contributed by atoms with van der Waals surface area (Å²) in [5.74, 6) is 0.113. The maximum Gasteiger partial charge on any atom is 0.223 e. The fourth-order valence-corrected chi connectivity index (χ4v) is 3.05. The number of hydrogen-bond donors (Lipinski definition) is 2. The number of likely N-dealkylation sites (tertiary alicyclic amines) is 1. The molecular weight excluding hydrogens is 304 g/mol. The zero-order valence-electron chi connectivity index (χ0n) is 13.5. The molecule has 0 aromatic heterocycles. The number of halogens is 1. The van der Waals surface area contributed by atoms with E-state index in [4.69, 9.17) is 0 Å². The summed E-state index contributed by atoms with van der Waals surface area (Å²) in [5.41, 5.74) is 0. The van der Waals surface area contributed by atoms with Gasteiger partial charge in [0.05, 0.1) is 0 Å². The zero-order chi connectivity index (χ0) is 15.1. The van der Waals surface area contributed by atoms with Gasteiger partial charge in [0.1, 0.15) is 0 Å². The van der Waals surface area contributed by atoms with Crippen LogP contribution in [-0.2, 0) is 9.59 Å². The van der Waals surface area contributed by atoms with Gasteiger partial charge in [-0.3, -0.25) is 14.5 Å². The van der Waals surface area contributed by atoms with Crippen LogP contribution in [0.5, 0.6) is 0 Å². The first-order valence-corrected chi connectivity index (χ1v) is 8.20. The van der Waals surface area contributed by atoms with Crippen molar-refractivity contribution in [3.05, 3.63) is 0 Å². The number of nitrogens with one attached hydrogen (secondary N) is 2. The van der Waals surface area contributed by atoms with Crippen LogP contribution in [0.3, 0.4) is 0 Å². The number of piperazine rings is 1. The van der Waals surface area contributed by atoms with E-state index in [2.05, 4.69) is 15.5 Å². The molecule has 1 atom stereocenters. The molecule has 2 rings (SSSR count). The average molecular weight is 333 g/mol. The minimum atomic E-state index is -0.0111. The summed E-state index contributed by atoms with van der Waals surface area (Å²) in [5, 5.41) is 6.17. The third-order valence-corrected chi connectivity index (χ3v) is 4.32. The highest BCUT2D eigenvalue weighted by Crippen LogP contribution is 2.17. The Labute approximate surface area is 139 Å². The summed E-state index contributed by atoms with van der Waals surface area (Å²) in [4.78, 5) is 28.1. The van der Waals surface area contributed by atoms with E-state index in [1.807, 2.05) is 11.8 Å². The van der Waals surface area contributed by atoms with Crippen molar-refractivity contribution in [3.63, 3.8) is 0 Å². The molecule has 2 N–H and O–H groups in total. The maximum atomic E-state index is 12.2. The second kappa shape index (κ2) is 10.0. The van der Waals surface area contributed by atoms with Gasteiger partial charge in [-0.15, -0.1) is 12.4 Å². The molecule has 0 aromatic rings. The fraction of sp³-hybridized carbons (Fsp3) is 0.867. The lowest BCUT2D eigenvalue weighted by molar-refractivity contribution is -0.132. The van der Waals surface area contributed by atoms with Crippen molar-refractivity contribution in [1.82, 2.24) is 20.4 Å². The van der Waals surface area contributed by atoms with Crippen molar-refractivity contribution in [1.29, 1.82) is 0 Å². The van der Waals surface area contributed by atoms with Crippen molar-refractivity contribution in [2.24, 2.45) is 0 Å². The van der Waals surface area contributed by atoms with E-state index in [-0.39, 0.29) is 24.2 Å². The topological polar surface area (TPSA) is 64.7 Å². The van der Waals surface area contributed by atoms with E-state index in [0.717, 1.165) is 52.1 Å². The van der Waals surface area contributed by atoms with Crippen LogP contribution in [-0.4, -0.2) is 73.5 Å². The van der Waals surface area contributed by atoms with E-state index in [0.29, 0.717) is 25.4 Å². The lowest BCUT2D eigenvalue weighted by Gasteiger charge is -2.32. The first-order chi connectivity index (χ1) is 10.2. The Morgan fingerprint density at radius 2 is 1.91 bits per heavy atom. The van der Waals surface area contributed by atoms with Crippen molar-refractivity contribution in [3.8, 4) is 0 Å². The van der Waals surface area contributed by atoms with Crippen LogP contribution in [0.4, 0.5) is 0 Å². The number of rotatable bonds is 6. The Balaban J connectivity index is 0.00000242. The van der Waals surface area contributed by atoms with Crippen LogP contribution in [0.15, 0.2) is 0 Å². The Morgan fingerprint density at radius 3 is 2.59 bits per heavy atom. The molecule has 0 spiro atoms. The first-order valence-electron chi connectivity index (χ1n) is 8.20. The van der Waals surface area contributed by atoms with Crippen molar-refractivity contribution < 1.29 is 9.59 Å². The molecule has 2 aliphatic rings. The molecule has 2 fully saturated rings. The van der Waals surface area contributed by atoms with Gasteiger partial charge in [-0.2, -0.15) is 0 Å². The van der Waals surface area contributed by atoms with Crippen molar-refractivity contribution in [2.75, 3.05) is 45.8 Å². The molecule has 0 aliphatic carbocycles. The minimum absolute atomic E-state index is 0. The number of amides is 2. The molecule has 0 bridgehead atoms. The second-order valence-electron chi connectivity index (χ2n) is 5.92. The lowest BCUT2D eigenvalue weighted by atomic mass is 10.2. The van der Waals surface area contributed by atoms with Crippen molar-refractivity contribution >= 4 is 24.2 Å². The standard InChI is InChI=1S/C15H28N4O2.ClH/c1-2-6-17-14(20)3-4-15(21)19-9-5-13(12-19)18-10-7-16-8-11-18;/h13,16H,2-12H2,1H3,(H,17,20);1H. The van der Waals surface area contributed by atoms with Crippen LogP contribution >= 0.6 is 12.4 Å². The first kappa shape index (κ1) is 19.2. The Bertz CT molecular complexity index is 361. The predicted octanol–water partition coefficient (Wildman–Crippen LogP) is 0.221. The van der Waals surface area contributed by atoms with E-state index in [1.54, 1.807) is 0 Å². The summed E-state index contributed by atoms with van der Waals surface area (Å²) in [6.45, 7) is 8.62. The highest BCUT2D eigenvalue weighted by atomic mass is 35.5. The fourth-order valence-electron chi connectivity index (χ4n) is 3.05. The maximum absolute atomic E-state index is 12.2. The number of carbonyl (C=O) groups excluding carboxylic acids is 2. The van der Waals surface area contributed by atoms with Gasteiger partial charge in [0.2, 0.25) is 11.8 Å².